The van der Waals surface area contributed by atoms with Gasteiger partial charge < -0.3 is 0 Å². The Hall–Kier alpha value is -0.330. The lowest BCUT2D eigenvalue weighted by Gasteiger charge is -2.26. The zero-order valence-electron chi connectivity index (χ0n) is 8.47. The zero-order valence-corrected chi connectivity index (χ0v) is 8.47. The van der Waals surface area contributed by atoms with E-state index in [1.54, 1.807) is 0 Å². The highest BCUT2D eigenvalue weighted by Gasteiger charge is 2.26. The second-order valence-electron chi connectivity index (χ2n) is 4.67. The van der Waals surface area contributed by atoms with Crippen LogP contribution in [0.15, 0.2) is 0 Å². The maximum absolute atomic E-state index is 11.5. The molecule has 0 aliphatic heterocycles. The highest BCUT2D eigenvalue weighted by atomic mass is 16.1. The first-order valence-electron chi connectivity index (χ1n) is 5.12. The van der Waals surface area contributed by atoms with Gasteiger partial charge in [0.2, 0.25) is 0 Å². The van der Waals surface area contributed by atoms with Crippen molar-refractivity contribution in [2.75, 3.05) is 0 Å². The first-order valence-corrected chi connectivity index (χ1v) is 5.12. The Labute approximate surface area is 75.5 Å². The van der Waals surface area contributed by atoms with E-state index in [0.717, 1.165) is 31.6 Å². The van der Waals surface area contributed by atoms with E-state index in [4.69, 9.17) is 0 Å². The number of rotatable bonds is 2. The minimum absolute atomic E-state index is 0.383. The Morgan fingerprint density at radius 2 is 2.17 bits per heavy atom. The van der Waals surface area contributed by atoms with Crippen LogP contribution in [0.4, 0.5) is 0 Å². The number of hydrogen-bond donors (Lipinski definition) is 0. The summed E-state index contributed by atoms with van der Waals surface area (Å²) in [5, 5.41) is 0. The second kappa shape index (κ2) is 4.06. The van der Waals surface area contributed by atoms with Gasteiger partial charge in [0.05, 0.1) is 0 Å². The van der Waals surface area contributed by atoms with Crippen molar-refractivity contribution in [3.05, 3.63) is 0 Å². The zero-order chi connectivity index (χ0) is 9.14. The minimum atomic E-state index is 0.383. The molecule has 0 aromatic rings. The van der Waals surface area contributed by atoms with Crippen molar-refractivity contribution in [1.29, 1.82) is 0 Å². The molecule has 70 valence electrons. The van der Waals surface area contributed by atoms with Crippen molar-refractivity contribution in [2.24, 2.45) is 17.8 Å². The Balaban J connectivity index is 2.43. The molecule has 0 aromatic heterocycles. The molecule has 0 bridgehead atoms. The molecule has 1 heteroatoms. The fraction of sp³-hybridized carbons (Fsp3) is 0.909. The van der Waals surface area contributed by atoms with E-state index in [-0.39, 0.29) is 0 Å². The topological polar surface area (TPSA) is 17.1 Å². The van der Waals surface area contributed by atoms with Gasteiger partial charge in [-0.2, -0.15) is 0 Å². The smallest absolute Gasteiger partial charge is 0.136 e. The summed E-state index contributed by atoms with van der Waals surface area (Å²) in [7, 11) is 0. The van der Waals surface area contributed by atoms with E-state index < -0.39 is 0 Å². The van der Waals surface area contributed by atoms with Gasteiger partial charge in [-0.15, -0.1) is 0 Å². The van der Waals surface area contributed by atoms with Gasteiger partial charge in [0.15, 0.2) is 0 Å². The van der Waals surface area contributed by atoms with Crippen LogP contribution < -0.4 is 0 Å². The molecule has 1 aliphatic carbocycles. The van der Waals surface area contributed by atoms with Crippen LogP contribution in [0.1, 0.15) is 46.5 Å². The second-order valence-corrected chi connectivity index (χ2v) is 4.67. The summed E-state index contributed by atoms with van der Waals surface area (Å²) in [6.45, 7) is 6.67. The maximum atomic E-state index is 11.5. The minimum Gasteiger partial charge on any atom is -0.299 e. The maximum Gasteiger partial charge on any atom is 0.136 e. The van der Waals surface area contributed by atoms with Crippen LogP contribution in [-0.2, 0) is 4.79 Å². The van der Waals surface area contributed by atoms with Crippen LogP contribution in [0.2, 0.25) is 0 Å². The average molecular weight is 168 g/mol. The molecule has 0 aromatic carbocycles. The molecule has 1 saturated carbocycles. The van der Waals surface area contributed by atoms with E-state index in [1.165, 1.54) is 0 Å². The highest BCUT2D eigenvalue weighted by molar-refractivity contribution is 5.81. The molecule has 0 N–H and O–H groups in total. The third-order valence-electron chi connectivity index (χ3n) is 2.78. The summed E-state index contributed by atoms with van der Waals surface area (Å²) in [5.41, 5.74) is 0. The lowest BCUT2D eigenvalue weighted by atomic mass is 9.78. The van der Waals surface area contributed by atoms with Gasteiger partial charge in [0.25, 0.3) is 0 Å². The van der Waals surface area contributed by atoms with Crippen LogP contribution in [-0.4, -0.2) is 5.78 Å². The van der Waals surface area contributed by atoms with Gasteiger partial charge in [-0.1, -0.05) is 20.8 Å². The summed E-state index contributed by atoms with van der Waals surface area (Å²) in [5.74, 6) is 2.34. The van der Waals surface area contributed by atoms with Gasteiger partial charge in [0, 0.05) is 12.3 Å². The van der Waals surface area contributed by atoms with E-state index in [9.17, 15) is 4.79 Å². The van der Waals surface area contributed by atoms with Crippen molar-refractivity contribution < 1.29 is 4.79 Å². The molecule has 1 aliphatic rings. The van der Waals surface area contributed by atoms with Crippen LogP contribution in [0.5, 0.6) is 0 Å². The SMILES string of the molecule is CC(C)CC1CC(C)CCC1=O. The molecule has 0 amide bonds. The monoisotopic (exact) mass is 168 g/mol. The largest absolute Gasteiger partial charge is 0.299 e. The van der Waals surface area contributed by atoms with Crippen LogP contribution in [0.25, 0.3) is 0 Å². The quantitative estimate of drug-likeness (QED) is 0.619. The number of carbonyl (C=O) groups is 1. The molecule has 0 saturated heterocycles. The van der Waals surface area contributed by atoms with Crippen LogP contribution in [0.3, 0.4) is 0 Å². The Morgan fingerprint density at radius 1 is 1.50 bits per heavy atom. The van der Waals surface area contributed by atoms with E-state index in [1.807, 2.05) is 0 Å². The molecule has 0 spiro atoms. The van der Waals surface area contributed by atoms with Gasteiger partial charge in [0.1, 0.15) is 5.78 Å². The Bertz CT molecular complexity index is 158. The fourth-order valence-corrected chi connectivity index (χ4v) is 2.12. The molecule has 1 fully saturated rings. The normalized spacial score (nSPS) is 31.2. The van der Waals surface area contributed by atoms with Gasteiger partial charge in [-0.25, -0.2) is 0 Å². The van der Waals surface area contributed by atoms with Gasteiger partial charge in [-0.3, -0.25) is 4.79 Å². The lowest BCUT2D eigenvalue weighted by molar-refractivity contribution is -0.126. The van der Waals surface area contributed by atoms with Crippen molar-refractivity contribution in [2.45, 2.75) is 46.5 Å². The Morgan fingerprint density at radius 3 is 2.75 bits per heavy atom. The third kappa shape index (κ3) is 2.62. The molecule has 0 heterocycles. The van der Waals surface area contributed by atoms with Crippen LogP contribution >= 0.6 is 0 Å². The van der Waals surface area contributed by atoms with Gasteiger partial charge >= 0.3 is 0 Å². The molecule has 12 heavy (non-hydrogen) atoms. The molecule has 2 atom stereocenters. The molecule has 1 nitrogen and oxygen atoms in total. The number of hydrogen-bond acceptors (Lipinski definition) is 1. The predicted octanol–water partition coefficient (Wildman–Crippen LogP) is 3.04. The summed E-state index contributed by atoms with van der Waals surface area (Å²) < 4.78 is 0. The summed E-state index contributed by atoms with van der Waals surface area (Å²) >= 11 is 0. The average Bonchev–Trinajstić information content (AvgIpc) is 1.96. The molecular formula is C11H20O. The summed E-state index contributed by atoms with van der Waals surface area (Å²) in [6, 6.07) is 0. The van der Waals surface area contributed by atoms with E-state index in [2.05, 4.69) is 20.8 Å². The molecule has 1 rings (SSSR count). The summed E-state index contributed by atoms with van der Waals surface area (Å²) in [6.07, 6.45) is 4.19. The summed E-state index contributed by atoms with van der Waals surface area (Å²) in [4.78, 5) is 11.5. The van der Waals surface area contributed by atoms with Crippen molar-refractivity contribution >= 4 is 5.78 Å². The van der Waals surface area contributed by atoms with Crippen molar-refractivity contribution in [1.82, 2.24) is 0 Å². The van der Waals surface area contributed by atoms with Gasteiger partial charge in [-0.05, 0) is 31.1 Å². The number of carbonyl (C=O) groups excluding carboxylic acids is 1. The first kappa shape index (κ1) is 9.76. The lowest BCUT2D eigenvalue weighted by Crippen LogP contribution is -2.24. The van der Waals surface area contributed by atoms with E-state index in [0.29, 0.717) is 17.6 Å². The molecule has 0 radical (unpaired) electrons. The van der Waals surface area contributed by atoms with E-state index >= 15 is 0 Å². The Kier molecular flexibility index (Phi) is 3.30. The molecular weight excluding hydrogens is 148 g/mol. The third-order valence-corrected chi connectivity index (χ3v) is 2.78. The van der Waals surface area contributed by atoms with Crippen molar-refractivity contribution in [3.8, 4) is 0 Å². The standard InChI is InChI=1S/C11H20O/c1-8(2)6-10-7-9(3)4-5-11(10)12/h8-10H,4-7H2,1-3H3. The molecule has 2 unspecified atom stereocenters. The number of Topliss-reactive ketones (excluding diaryl/α,β-unsaturated/α-hetero) is 1. The fourth-order valence-electron chi connectivity index (χ4n) is 2.12. The predicted molar refractivity (Wildman–Crippen MR) is 51.0 cm³/mol. The highest BCUT2D eigenvalue weighted by Crippen LogP contribution is 2.29. The van der Waals surface area contributed by atoms with Crippen LogP contribution in [0, 0.1) is 17.8 Å². The first-order chi connectivity index (χ1) is 5.59. The van der Waals surface area contributed by atoms with Crippen molar-refractivity contribution in [3.63, 3.8) is 0 Å². The number of ketones is 1.